The van der Waals surface area contributed by atoms with Crippen molar-refractivity contribution in [3.63, 3.8) is 0 Å². The van der Waals surface area contributed by atoms with Crippen molar-refractivity contribution in [3.05, 3.63) is 112 Å². The van der Waals surface area contributed by atoms with Gasteiger partial charge in [0.2, 0.25) is 5.43 Å². The topological polar surface area (TPSA) is 87.4 Å². The second-order valence-corrected chi connectivity index (χ2v) is 8.24. The molecular formula is C26H20F5N5O2. The third kappa shape index (κ3) is 6.14. The summed E-state index contributed by atoms with van der Waals surface area (Å²) in [5, 5.41) is 4.39. The Bertz CT molecular complexity index is 1600. The van der Waals surface area contributed by atoms with Crippen LogP contribution >= 0.6 is 0 Å². The van der Waals surface area contributed by atoms with Crippen LogP contribution in [0.1, 0.15) is 18.2 Å². The molecule has 4 aromatic rings. The highest BCUT2D eigenvalue weighted by molar-refractivity contribution is 6.08. The molecule has 0 atom stereocenters. The largest absolute Gasteiger partial charge is 0.573 e. The third-order valence-corrected chi connectivity index (χ3v) is 5.17. The van der Waals surface area contributed by atoms with Crippen molar-refractivity contribution in [1.29, 1.82) is 0 Å². The summed E-state index contributed by atoms with van der Waals surface area (Å²) in [6, 6.07) is 11.1. The fourth-order valence-corrected chi connectivity index (χ4v) is 3.59. The molecular weight excluding hydrogens is 509 g/mol. The molecule has 0 aliphatic rings. The van der Waals surface area contributed by atoms with E-state index in [-0.39, 0.29) is 22.8 Å². The highest BCUT2D eigenvalue weighted by Gasteiger charge is 2.31. The molecule has 0 amide bonds. The Hall–Kier alpha value is -4.74. The number of hydrogen-bond acceptors (Lipinski definition) is 5. The fourth-order valence-electron chi connectivity index (χ4n) is 3.59. The van der Waals surface area contributed by atoms with E-state index < -0.39 is 29.2 Å². The van der Waals surface area contributed by atoms with Crippen LogP contribution in [-0.4, -0.2) is 26.4 Å². The van der Waals surface area contributed by atoms with Crippen LogP contribution in [0.2, 0.25) is 0 Å². The van der Waals surface area contributed by atoms with Crippen molar-refractivity contribution in [2.45, 2.75) is 20.2 Å². The van der Waals surface area contributed by atoms with Crippen LogP contribution < -0.4 is 15.9 Å². The van der Waals surface area contributed by atoms with Gasteiger partial charge in [0.1, 0.15) is 5.75 Å². The molecule has 0 radical (unpaired) electrons. The minimum absolute atomic E-state index is 0.0149. The molecule has 0 unspecified atom stereocenters. The number of ether oxygens (including phenoxy) is 1. The molecule has 4 rings (SSSR count). The standard InChI is InChI=1S/C26H20F5N5O2/c1-15-10-18(35-13-20(27)21(28)14-35)6-7-23(15)36-9-8-24(37)25(34-36)22(11-16(2)32)33-17-4-3-5-19(12-17)38-26(29,30)31/h3-14H,32H2,1-2H3. The molecule has 0 fully saturated rings. The van der Waals surface area contributed by atoms with Gasteiger partial charge >= 0.3 is 6.36 Å². The van der Waals surface area contributed by atoms with Gasteiger partial charge in [-0.1, -0.05) is 6.07 Å². The molecule has 0 saturated carbocycles. The normalized spacial score (nSPS) is 12.6. The zero-order valence-electron chi connectivity index (χ0n) is 20.0. The van der Waals surface area contributed by atoms with Gasteiger partial charge in [-0.05, 0) is 55.8 Å². The molecule has 0 bridgehead atoms. The van der Waals surface area contributed by atoms with Crippen molar-refractivity contribution in [2.75, 3.05) is 0 Å². The lowest BCUT2D eigenvalue weighted by molar-refractivity contribution is -0.274. The fraction of sp³-hybridized carbons (Fsp3) is 0.115. The summed E-state index contributed by atoms with van der Waals surface area (Å²) < 4.78 is 71.4. The Labute approximate surface area is 212 Å². The van der Waals surface area contributed by atoms with Crippen molar-refractivity contribution < 1.29 is 26.7 Å². The lowest BCUT2D eigenvalue weighted by Gasteiger charge is -2.13. The number of nitrogens with zero attached hydrogens (tertiary/aromatic N) is 4. The predicted octanol–water partition coefficient (Wildman–Crippen LogP) is 5.49. The van der Waals surface area contributed by atoms with Gasteiger partial charge in [0.15, 0.2) is 17.3 Å². The maximum atomic E-state index is 13.4. The number of aryl methyl sites for hydroxylation is 1. The first kappa shape index (κ1) is 26.3. The first-order chi connectivity index (χ1) is 17.9. The third-order valence-electron chi connectivity index (χ3n) is 5.17. The summed E-state index contributed by atoms with van der Waals surface area (Å²) in [4.78, 5) is 17.1. The first-order valence-corrected chi connectivity index (χ1v) is 11.0. The second kappa shape index (κ2) is 10.3. The van der Waals surface area contributed by atoms with Gasteiger partial charge in [0.25, 0.3) is 0 Å². The van der Waals surface area contributed by atoms with Crippen LogP contribution in [0.3, 0.4) is 0 Å². The number of nitrogens with two attached hydrogens (primary N) is 1. The van der Waals surface area contributed by atoms with Gasteiger partial charge in [-0.2, -0.15) is 5.10 Å². The molecule has 0 aliphatic heterocycles. The van der Waals surface area contributed by atoms with Crippen molar-refractivity contribution in [2.24, 2.45) is 10.7 Å². The molecule has 0 saturated heterocycles. The number of aliphatic imine (C=N–C) groups is 1. The molecule has 2 N–H and O–H groups in total. The van der Waals surface area contributed by atoms with Crippen LogP contribution in [0.4, 0.5) is 27.6 Å². The van der Waals surface area contributed by atoms with E-state index in [0.717, 1.165) is 24.5 Å². The van der Waals surface area contributed by atoms with Crippen molar-refractivity contribution in [1.82, 2.24) is 14.3 Å². The average Bonchev–Trinajstić information content (AvgIpc) is 3.16. The van der Waals surface area contributed by atoms with E-state index in [1.54, 1.807) is 32.0 Å². The van der Waals surface area contributed by atoms with Gasteiger partial charge in [0, 0.05) is 42.1 Å². The molecule has 12 heteroatoms. The number of alkyl halides is 3. The predicted molar refractivity (Wildman–Crippen MR) is 131 cm³/mol. The molecule has 2 aromatic carbocycles. The van der Waals surface area contributed by atoms with Crippen LogP contribution in [0.25, 0.3) is 11.4 Å². The van der Waals surface area contributed by atoms with Gasteiger partial charge in [-0.15, -0.1) is 13.2 Å². The minimum Gasteiger partial charge on any atom is -0.406 e. The van der Waals surface area contributed by atoms with E-state index in [1.165, 1.54) is 39.7 Å². The van der Waals surface area contributed by atoms with Crippen molar-refractivity contribution in [3.8, 4) is 17.1 Å². The molecule has 0 spiro atoms. The van der Waals surface area contributed by atoms with Crippen LogP contribution in [0, 0.1) is 18.6 Å². The van der Waals surface area contributed by atoms with Crippen molar-refractivity contribution >= 4 is 11.4 Å². The summed E-state index contributed by atoms with van der Waals surface area (Å²) in [7, 11) is 0. The van der Waals surface area contributed by atoms with Crippen LogP contribution in [-0.2, 0) is 0 Å². The Morgan fingerprint density at radius 2 is 1.79 bits per heavy atom. The summed E-state index contributed by atoms with van der Waals surface area (Å²) in [5.41, 5.74) is 7.28. The summed E-state index contributed by atoms with van der Waals surface area (Å²) >= 11 is 0. The number of halogens is 5. The van der Waals surface area contributed by atoms with Crippen LogP contribution in [0.5, 0.6) is 5.75 Å². The summed E-state index contributed by atoms with van der Waals surface area (Å²) in [6.07, 6.45) is -0.0601. The molecule has 2 heterocycles. The monoisotopic (exact) mass is 529 g/mol. The number of allylic oxidation sites excluding steroid dienone is 2. The van der Waals surface area contributed by atoms with Crippen LogP contribution in [0.15, 0.2) is 88.7 Å². The Kier molecular flexibility index (Phi) is 7.15. The van der Waals surface area contributed by atoms with E-state index in [4.69, 9.17) is 5.73 Å². The number of aromatic nitrogens is 3. The average molecular weight is 529 g/mol. The molecule has 2 aromatic heterocycles. The maximum Gasteiger partial charge on any atom is 0.573 e. The second-order valence-electron chi connectivity index (χ2n) is 8.24. The van der Waals surface area contributed by atoms with Gasteiger partial charge in [-0.25, -0.2) is 18.5 Å². The van der Waals surface area contributed by atoms with E-state index in [9.17, 15) is 26.7 Å². The highest BCUT2D eigenvalue weighted by Crippen LogP contribution is 2.27. The lowest BCUT2D eigenvalue weighted by Crippen LogP contribution is -2.21. The zero-order chi connectivity index (χ0) is 27.6. The number of benzene rings is 2. The molecule has 196 valence electrons. The van der Waals surface area contributed by atoms with Gasteiger partial charge in [-0.3, -0.25) is 4.79 Å². The smallest absolute Gasteiger partial charge is 0.406 e. The quantitative estimate of drug-likeness (QED) is 0.264. The van der Waals surface area contributed by atoms with E-state index in [1.807, 2.05) is 0 Å². The molecule has 7 nitrogen and oxygen atoms in total. The van der Waals surface area contributed by atoms with E-state index >= 15 is 0 Å². The van der Waals surface area contributed by atoms with Gasteiger partial charge < -0.3 is 15.0 Å². The Morgan fingerprint density at radius 3 is 2.42 bits per heavy atom. The summed E-state index contributed by atoms with van der Waals surface area (Å²) in [5.74, 6) is -2.45. The summed E-state index contributed by atoms with van der Waals surface area (Å²) in [6.45, 7) is 3.30. The molecule has 0 aliphatic carbocycles. The highest BCUT2D eigenvalue weighted by atomic mass is 19.4. The number of rotatable bonds is 6. The van der Waals surface area contributed by atoms with E-state index in [2.05, 4.69) is 14.8 Å². The minimum atomic E-state index is -4.88. The van der Waals surface area contributed by atoms with E-state index in [0.29, 0.717) is 16.9 Å². The first-order valence-electron chi connectivity index (χ1n) is 11.0. The maximum absolute atomic E-state index is 13.4. The zero-order valence-corrected chi connectivity index (χ0v) is 20.0. The number of hydrogen-bond donors (Lipinski definition) is 1. The molecule has 38 heavy (non-hydrogen) atoms. The SMILES string of the molecule is CC(N)=CC(=Nc1cccc(OC(F)(F)F)c1)c1nn(-c2ccc(-n3cc(F)c(F)c3)cc2C)ccc1=O. The Balaban J connectivity index is 1.76. The van der Waals surface area contributed by atoms with Gasteiger partial charge in [0.05, 0.1) is 17.1 Å². The Morgan fingerprint density at radius 1 is 1.08 bits per heavy atom. The lowest BCUT2D eigenvalue weighted by atomic mass is 10.1.